The molecular formula is C110H72N4S2. The summed E-state index contributed by atoms with van der Waals surface area (Å²) in [5.41, 5.74) is 25.9. The van der Waals surface area contributed by atoms with Crippen LogP contribution in [0.15, 0.2) is 437 Å². The van der Waals surface area contributed by atoms with Crippen LogP contribution in [0, 0.1) is 0 Å². The first kappa shape index (κ1) is 68.2. The Morgan fingerprint density at radius 1 is 0.181 bits per heavy atom. The fourth-order valence-corrected chi connectivity index (χ4v) is 20.2. The number of benzene rings is 19. The van der Waals surface area contributed by atoms with Gasteiger partial charge in [0, 0.05) is 96.0 Å². The molecule has 4 aromatic heterocycles. The van der Waals surface area contributed by atoms with Crippen molar-refractivity contribution in [1.29, 1.82) is 0 Å². The molecule has 4 heterocycles. The van der Waals surface area contributed by atoms with E-state index in [1.54, 1.807) is 0 Å². The lowest BCUT2D eigenvalue weighted by atomic mass is 9.97. The number of rotatable bonds is 13. The van der Waals surface area contributed by atoms with Gasteiger partial charge in [-0.2, -0.15) is 0 Å². The molecule has 0 aliphatic rings. The summed E-state index contributed by atoms with van der Waals surface area (Å²) in [6.45, 7) is 0. The predicted molar refractivity (Wildman–Crippen MR) is 499 cm³/mol. The Hall–Kier alpha value is -14.7. The van der Waals surface area contributed by atoms with Gasteiger partial charge in [0.05, 0.1) is 33.4 Å². The van der Waals surface area contributed by atoms with Crippen molar-refractivity contribution in [1.82, 2.24) is 9.13 Å². The fourth-order valence-electron chi connectivity index (χ4n) is 17.7. The molecule has 0 unspecified atom stereocenters. The largest absolute Gasteiger partial charge is 0.310 e. The van der Waals surface area contributed by atoms with E-state index in [0.717, 1.165) is 22.7 Å². The number of thiophene rings is 2. The highest BCUT2D eigenvalue weighted by Gasteiger charge is 2.25. The van der Waals surface area contributed by atoms with Crippen LogP contribution in [0.1, 0.15) is 0 Å². The molecule has 544 valence electrons. The van der Waals surface area contributed by atoms with Crippen molar-refractivity contribution in [3.05, 3.63) is 437 Å². The van der Waals surface area contributed by atoms with E-state index in [1.807, 2.05) is 22.7 Å². The van der Waals surface area contributed by atoms with Crippen LogP contribution >= 0.6 is 22.7 Å². The Morgan fingerprint density at radius 3 is 0.931 bits per heavy atom. The van der Waals surface area contributed by atoms with Crippen molar-refractivity contribution in [3.8, 4) is 67.0 Å². The number of aromatic nitrogens is 2. The third-order valence-electron chi connectivity index (χ3n) is 23.1. The first-order valence-electron chi connectivity index (χ1n) is 39.6. The molecule has 6 heteroatoms. The van der Waals surface area contributed by atoms with Crippen molar-refractivity contribution in [2.75, 3.05) is 9.80 Å². The second kappa shape index (κ2) is 28.8. The second-order valence-electron chi connectivity index (χ2n) is 29.9. The van der Waals surface area contributed by atoms with E-state index in [-0.39, 0.29) is 0 Å². The van der Waals surface area contributed by atoms with Gasteiger partial charge in [0.1, 0.15) is 0 Å². The highest BCUT2D eigenvalue weighted by Crippen LogP contribution is 2.52. The Kier molecular flexibility index (Phi) is 16.9. The number of hydrogen-bond acceptors (Lipinski definition) is 4. The molecule has 0 spiro atoms. The summed E-state index contributed by atoms with van der Waals surface area (Å²) in [7, 11) is 0. The predicted octanol–water partition coefficient (Wildman–Crippen LogP) is 31.9. The highest BCUT2D eigenvalue weighted by molar-refractivity contribution is 7.27. The quantitative estimate of drug-likeness (QED) is 0.114. The highest BCUT2D eigenvalue weighted by atomic mass is 32.1. The maximum atomic E-state index is 2.46. The second-order valence-corrected chi connectivity index (χ2v) is 32.0. The molecule has 0 saturated carbocycles. The van der Waals surface area contributed by atoms with Crippen LogP contribution in [-0.2, 0) is 0 Å². The van der Waals surface area contributed by atoms with E-state index in [4.69, 9.17) is 0 Å². The van der Waals surface area contributed by atoms with Gasteiger partial charge in [0.2, 0.25) is 0 Å². The standard InChI is InChI=1S/C58H38N2S.C52H34N2S/c1-3-15-39(16-4-1)40-29-32-47(33-30-40)59(55-38-45-17-7-8-24-49(45)58-57(55)51-26-10-12-28-56(51)61-58)48-23-14-20-43(36-48)41-18-13-19-42(35-41)44-31-34-54-52(37-44)50-25-9-11-27-53(50)60(54)46-21-5-2-6-22-46;1-3-13-35(14-4-1)36-23-28-41(29-24-36)53(49-34-39-15-7-8-18-43(39)52-51(49)45-20-10-12-22-50(45)55-52)42-30-25-37(26-31-42)38-27-32-48-46(33-38)44-19-9-11-21-47(44)54(48)40-16-5-2-6-17-40/h1-38H;1-34H. The third kappa shape index (κ3) is 12.0. The van der Waals surface area contributed by atoms with Crippen molar-refractivity contribution in [2.45, 2.75) is 0 Å². The molecule has 0 bridgehead atoms. The van der Waals surface area contributed by atoms with Gasteiger partial charge in [-0.05, 0) is 217 Å². The SMILES string of the molecule is c1ccc(-c2ccc(N(c3ccc(-c4ccc5c(c4)c4ccccc4n5-c4ccccc4)cc3)c3cc4ccccc4c4sc5ccccc5c34)cc2)cc1.c1ccc(-c2ccc(N(c3cccc(-c4cccc(-c5ccc6c(c5)c5ccccc5n6-c5ccccc5)c4)c3)c3cc4ccccc4c4sc5ccccc5c34)cc2)cc1. The van der Waals surface area contributed by atoms with Crippen LogP contribution in [0.25, 0.3) is 173 Å². The van der Waals surface area contributed by atoms with E-state index in [2.05, 4.69) is 456 Å². The fraction of sp³-hybridized carbons (Fsp3) is 0. The summed E-state index contributed by atoms with van der Waals surface area (Å²) in [6, 6.07) is 159. The monoisotopic (exact) mass is 1510 g/mol. The molecule has 0 fully saturated rings. The number of nitrogens with zero attached hydrogens (tertiary/aromatic N) is 4. The van der Waals surface area contributed by atoms with Crippen molar-refractivity contribution < 1.29 is 0 Å². The van der Waals surface area contributed by atoms with E-state index < -0.39 is 0 Å². The maximum Gasteiger partial charge on any atom is 0.0561 e. The zero-order valence-corrected chi connectivity index (χ0v) is 64.8. The van der Waals surface area contributed by atoms with Crippen molar-refractivity contribution >= 4 is 162 Å². The minimum absolute atomic E-state index is 1.11. The van der Waals surface area contributed by atoms with Crippen molar-refractivity contribution in [3.63, 3.8) is 0 Å². The molecule has 0 aliphatic heterocycles. The number of anilines is 6. The van der Waals surface area contributed by atoms with Crippen LogP contribution in [0.5, 0.6) is 0 Å². The van der Waals surface area contributed by atoms with Crippen molar-refractivity contribution in [2.24, 2.45) is 0 Å². The molecule has 0 amide bonds. The lowest BCUT2D eigenvalue weighted by Gasteiger charge is -2.28. The maximum absolute atomic E-state index is 2.46. The van der Waals surface area contributed by atoms with Gasteiger partial charge in [-0.15, -0.1) is 22.7 Å². The third-order valence-corrected chi connectivity index (χ3v) is 25.5. The molecule has 4 nitrogen and oxygen atoms in total. The van der Waals surface area contributed by atoms with E-state index in [9.17, 15) is 0 Å². The minimum Gasteiger partial charge on any atom is -0.310 e. The van der Waals surface area contributed by atoms with Gasteiger partial charge in [0.25, 0.3) is 0 Å². The number of para-hydroxylation sites is 4. The molecule has 0 saturated heterocycles. The minimum atomic E-state index is 1.11. The number of fused-ring (bicyclic) bond motifs is 16. The average molecular weight is 1510 g/mol. The lowest BCUT2D eigenvalue weighted by Crippen LogP contribution is -2.10. The molecular weight excluding hydrogens is 1440 g/mol. The van der Waals surface area contributed by atoms with Crippen LogP contribution in [-0.4, -0.2) is 9.13 Å². The average Bonchev–Trinajstić information content (AvgIpc) is 1.53. The Bertz CT molecular complexity index is 7670. The van der Waals surface area contributed by atoms with Gasteiger partial charge in [-0.25, -0.2) is 0 Å². The van der Waals surface area contributed by atoms with E-state index in [1.165, 1.54) is 184 Å². The van der Waals surface area contributed by atoms with E-state index >= 15 is 0 Å². The normalized spacial score (nSPS) is 11.6. The summed E-state index contributed by atoms with van der Waals surface area (Å²) in [4.78, 5) is 4.91. The van der Waals surface area contributed by atoms with Gasteiger partial charge in [0.15, 0.2) is 0 Å². The number of hydrogen-bond donors (Lipinski definition) is 0. The molecule has 0 N–H and O–H groups in total. The van der Waals surface area contributed by atoms with Crippen LogP contribution in [0.3, 0.4) is 0 Å². The zero-order valence-electron chi connectivity index (χ0n) is 63.2. The molecule has 0 atom stereocenters. The molecule has 23 rings (SSSR count). The summed E-state index contributed by atoms with van der Waals surface area (Å²) in [5.74, 6) is 0. The summed E-state index contributed by atoms with van der Waals surface area (Å²) in [6.07, 6.45) is 0. The topological polar surface area (TPSA) is 16.3 Å². The molecule has 19 aromatic carbocycles. The summed E-state index contributed by atoms with van der Waals surface area (Å²) in [5, 5.41) is 15.2. The molecule has 23 aromatic rings. The van der Waals surface area contributed by atoms with Gasteiger partial charge in [-0.3, -0.25) is 0 Å². The van der Waals surface area contributed by atoms with Gasteiger partial charge < -0.3 is 18.9 Å². The summed E-state index contributed by atoms with van der Waals surface area (Å²) >= 11 is 3.77. The molecule has 116 heavy (non-hydrogen) atoms. The Balaban J connectivity index is 0.000000141. The zero-order chi connectivity index (χ0) is 76.6. The lowest BCUT2D eigenvalue weighted by molar-refractivity contribution is 1.18. The summed E-state index contributed by atoms with van der Waals surface area (Å²) < 4.78 is 9.97. The Labute approximate surface area is 680 Å². The smallest absolute Gasteiger partial charge is 0.0561 e. The van der Waals surface area contributed by atoms with Gasteiger partial charge in [-0.1, -0.05) is 297 Å². The molecule has 0 radical (unpaired) electrons. The first-order valence-corrected chi connectivity index (χ1v) is 41.2. The Morgan fingerprint density at radius 2 is 0.483 bits per heavy atom. The molecule has 0 aliphatic carbocycles. The van der Waals surface area contributed by atoms with E-state index in [0.29, 0.717) is 0 Å². The van der Waals surface area contributed by atoms with Crippen LogP contribution in [0.4, 0.5) is 34.1 Å². The van der Waals surface area contributed by atoms with Crippen LogP contribution < -0.4 is 9.80 Å². The van der Waals surface area contributed by atoms with Crippen LogP contribution in [0.2, 0.25) is 0 Å². The first-order chi connectivity index (χ1) is 57.5. The van der Waals surface area contributed by atoms with Gasteiger partial charge >= 0.3 is 0 Å².